The third-order valence-corrected chi connectivity index (χ3v) is 9.60. The molecule has 1 aliphatic heterocycles. The van der Waals surface area contributed by atoms with Gasteiger partial charge in [-0.3, -0.25) is 9.36 Å². The second-order valence-electron chi connectivity index (χ2n) is 10.1. The number of benzene rings is 4. The zero-order chi connectivity index (χ0) is 31.5. The first-order valence-electron chi connectivity index (χ1n) is 14.0. The van der Waals surface area contributed by atoms with Crippen LogP contribution in [0.4, 0.5) is 0 Å². The van der Waals surface area contributed by atoms with E-state index in [0.29, 0.717) is 38.0 Å². The van der Waals surface area contributed by atoms with Crippen molar-refractivity contribution in [1.29, 1.82) is 0 Å². The van der Waals surface area contributed by atoms with Crippen LogP contribution in [-0.2, 0) is 16.1 Å². The average Bonchev–Trinajstić information content (AvgIpc) is 3.35. The zero-order valence-electron chi connectivity index (χ0n) is 23.9. The van der Waals surface area contributed by atoms with E-state index in [-0.39, 0.29) is 12.2 Å². The number of esters is 1. The highest BCUT2D eigenvalue weighted by Gasteiger charge is 2.35. The third-order valence-electron chi connectivity index (χ3n) is 7.11. The maximum atomic E-state index is 14.3. The Hall–Kier alpha value is -3.51. The van der Waals surface area contributed by atoms with Crippen molar-refractivity contribution in [3.8, 4) is 5.75 Å². The van der Waals surface area contributed by atoms with Gasteiger partial charge in [-0.1, -0.05) is 112 Å². The van der Waals surface area contributed by atoms with Crippen LogP contribution in [0.5, 0.6) is 5.75 Å². The van der Waals surface area contributed by atoms with Gasteiger partial charge in [0.15, 0.2) is 4.80 Å². The summed E-state index contributed by atoms with van der Waals surface area (Å²) in [5.74, 6) is 0.138. The molecule has 0 saturated carbocycles. The number of carbonyl (C=O) groups is 1. The molecule has 10 heteroatoms. The molecule has 1 aliphatic rings. The number of nitrogens with zero attached hydrogens (tertiary/aromatic N) is 2. The zero-order valence-corrected chi connectivity index (χ0v) is 29.2. The number of carbonyl (C=O) groups excluding carboxylic acids is 1. The Kier molecular flexibility index (Phi) is 9.70. The van der Waals surface area contributed by atoms with E-state index in [2.05, 4.69) is 38.5 Å². The van der Waals surface area contributed by atoms with Crippen molar-refractivity contribution in [2.75, 3.05) is 6.61 Å². The molecule has 4 aromatic carbocycles. The average molecular weight is 812 g/mol. The Morgan fingerprint density at radius 1 is 1.04 bits per heavy atom. The summed E-state index contributed by atoms with van der Waals surface area (Å²) in [7, 11) is 0. The van der Waals surface area contributed by atoms with Gasteiger partial charge in [-0.15, -0.1) is 0 Å². The Morgan fingerprint density at radius 3 is 2.42 bits per heavy atom. The molecule has 0 spiro atoms. The molecular formula is C35H25BrClIN2O4S. The summed E-state index contributed by atoms with van der Waals surface area (Å²) in [6.07, 6.45) is 1.83. The Balaban J connectivity index is 1.54. The predicted molar refractivity (Wildman–Crippen MR) is 190 cm³/mol. The molecule has 5 aromatic rings. The maximum absolute atomic E-state index is 14.3. The number of aromatic nitrogens is 1. The molecule has 0 bridgehead atoms. The second-order valence-corrected chi connectivity index (χ2v) is 13.6. The summed E-state index contributed by atoms with van der Waals surface area (Å²) in [6, 6.07) is 29.7. The fourth-order valence-corrected chi connectivity index (χ4v) is 7.93. The lowest BCUT2D eigenvalue weighted by Gasteiger charge is -2.25. The Labute approximate surface area is 290 Å². The molecule has 0 aliphatic carbocycles. The lowest BCUT2D eigenvalue weighted by molar-refractivity contribution is -0.138. The monoisotopic (exact) mass is 810 g/mol. The van der Waals surface area contributed by atoms with Gasteiger partial charge in [0.05, 0.1) is 32.0 Å². The minimum Gasteiger partial charge on any atom is -0.487 e. The van der Waals surface area contributed by atoms with Gasteiger partial charge in [0, 0.05) is 20.6 Å². The summed E-state index contributed by atoms with van der Waals surface area (Å²) in [6.45, 7) is 2.28. The highest BCUT2D eigenvalue weighted by molar-refractivity contribution is 14.1. The Bertz CT molecular complexity index is 2100. The third kappa shape index (κ3) is 6.72. The van der Waals surface area contributed by atoms with Crippen molar-refractivity contribution in [1.82, 2.24) is 4.57 Å². The van der Waals surface area contributed by atoms with Crippen molar-refractivity contribution in [2.45, 2.75) is 19.6 Å². The van der Waals surface area contributed by atoms with E-state index in [9.17, 15) is 9.59 Å². The summed E-state index contributed by atoms with van der Waals surface area (Å²) in [5, 5.41) is 0.656. The molecule has 2 heterocycles. The van der Waals surface area contributed by atoms with Crippen molar-refractivity contribution < 1.29 is 14.3 Å². The molecule has 0 N–H and O–H groups in total. The highest BCUT2D eigenvalue weighted by Crippen LogP contribution is 2.35. The first-order valence-corrected chi connectivity index (χ1v) is 17.1. The summed E-state index contributed by atoms with van der Waals surface area (Å²) in [4.78, 5) is 33.3. The van der Waals surface area contributed by atoms with Crippen LogP contribution in [-0.4, -0.2) is 17.1 Å². The molecule has 6 nitrogen and oxygen atoms in total. The first-order chi connectivity index (χ1) is 21.8. The fourth-order valence-electron chi connectivity index (χ4n) is 5.11. The number of halogens is 3. The van der Waals surface area contributed by atoms with E-state index in [1.165, 1.54) is 11.3 Å². The Morgan fingerprint density at radius 2 is 1.73 bits per heavy atom. The van der Waals surface area contributed by atoms with Gasteiger partial charge >= 0.3 is 5.97 Å². The number of thiazole rings is 1. The number of fused-ring (bicyclic) bond motifs is 1. The normalized spacial score (nSPS) is 14.6. The fraction of sp³-hybridized carbons (Fsp3) is 0.114. The molecule has 0 radical (unpaired) electrons. The summed E-state index contributed by atoms with van der Waals surface area (Å²) >= 11 is 13.2. The van der Waals surface area contributed by atoms with E-state index in [0.717, 1.165) is 30.3 Å². The van der Waals surface area contributed by atoms with Crippen LogP contribution in [0.3, 0.4) is 0 Å². The molecule has 6 rings (SSSR count). The number of hydrogen-bond acceptors (Lipinski definition) is 6. The number of hydrogen-bond donors (Lipinski definition) is 0. The molecular weight excluding hydrogens is 787 g/mol. The summed E-state index contributed by atoms with van der Waals surface area (Å²) in [5.41, 5.74) is 3.78. The predicted octanol–water partition coefficient (Wildman–Crippen LogP) is 7.54. The van der Waals surface area contributed by atoms with E-state index in [1.807, 2.05) is 103 Å². The van der Waals surface area contributed by atoms with Crippen LogP contribution >= 0.6 is 61.5 Å². The van der Waals surface area contributed by atoms with Crippen molar-refractivity contribution in [3.63, 3.8) is 0 Å². The van der Waals surface area contributed by atoms with Crippen molar-refractivity contribution >= 4 is 79.2 Å². The van der Waals surface area contributed by atoms with Crippen LogP contribution in [0.2, 0.25) is 5.02 Å². The van der Waals surface area contributed by atoms with Crippen LogP contribution in [0.15, 0.2) is 117 Å². The highest BCUT2D eigenvalue weighted by atomic mass is 127. The van der Waals surface area contributed by atoms with Gasteiger partial charge in [-0.2, -0.15) is 0 Å². The molecule has 1 aromatic heterocycles. The lowest BCUT2D eigenvalue weighted by Crippen LogP contribution is -2.40. The molecule has 226 valence electrons. The molecule has 1 atom stereocenters. The van der Waals surface area contributed by atoms with Gasteiger partial charge in [0.2, 0.25) is 0 Å². The van der Waals surface area contributed by atoms with Crippen LogP contribution in [0, 0.1) is 3.57 Å². The summed E-state index contributed by atoms with van der Waals surface area (Å²) < 4.78 is 15.6. The SMILES string of the molecule is CCOC(=O)C1=C(c2ccccc2)N=c2s/c(=C\c3cc(Br)cc(I)c3OCc3ccc(Cl)cc3)c(=O)n2[C@H]1c1ccccc1. The smallest absolute Gasteiger partial charge is 0.338 e. The van der Waals surface area contributed by atoms with E-state index in [1.54, 1.807) is 11.5 Å². The maximum Gasteiger partial charge on any atom is 0.338 e. The van der Waals surface area contributed by atoms with Crippen LogP contribution < -0.4 is 19.6 Å². The standard InChI is InChI=1S/C35H25BrClIN2O4S/c1-2-43-34(42)29-30(22-9-5-3-6-10-22)39-35-40(31(29)23-11-7-4-8-12-23)33(41)28(45-35)18-24-17-25(36)19-27(38)32(24)44-20-21-13-15-26(37)16-14-21/h3-19,31H,2,20H2,1H3/b28-18-/t31-/m0/s1. The minimum absolute atomic E-state index is 0.191. The van der Waals surface area contributed by atoms with Crippen LogP contribution in [0.25, 0.3) is 11.8 Å². The largest absolute Gasteiger partial charge is 0.487 e. The molecule has 0 fully saturated rings. The first kappa shape index (κ1) is 31.5. The van der Waals surface area contributed by atoms with Crippen molar-refractivity contribution in [2.24, 2.45) is 4.99 Å². The van der Waals surface area contributed by atoms with E-state index in [4.69, 9.17) is 26.1 Å². The molecule has 0 amide bonds. The van der Waals surface area contributed by atoms with Gasteiger partial charge in [0.1, 0.15) is 12.4 Å². The van der Waals surface area contributed by atoms with Gasteiger partial charge in [-0.05, 0) is 71.0 Å². The van der Waals surface area contributed by atoms with Gasteiger partial charge in [0.25, 0.3) is 5.56 Å². The molecule has 0 unspecified atom stereocenters. The minimum atomic E-state index is -0.734. The lowest BCUT2D eigenvalue weighted by atomic mass is 9.93. The number of rotatable bonds is 8. The quantitative estimate of drug-likeness (QED) is 0.120. The topological polar surface area (TPSA) is 69.9 Å². The molecule has 0 saturated heterocycles. The van der Waals surface area contributed by atoms with Gasteiger partial charge in [-0.25, -0.2) is 9.79 Å². The van der Waals surface area contributed by atoms with Crippen molar-refractivity contribution in [3.05, 3.63) is 158 Å². The van der Waals surface area contributed by atoms with E-state index < -0.39 is 12.0 Å². The van der Waals surface area contributed by atoms with E-state index >= 15 is 0 Å². The molecule has 45 heavy (non-hydrogen) atoms. The van der Waals surface area contributed by atoms with Gasteiger partial charge < -0.3 is 9.47 Å². The second kappa shape index (κ2) is 13.9. The van der Waals surface area contributed by atoms with Crippen LogP contribution in [0.1, 0.15) is 35.2 Å². The number of ether oxygens (including phenoxy) is 2.